The maximum Gasteiger partial charge on any atom is 0.338 e. The van der Waals surface area contributed by atoms with Crippen molar-refractivity contribution >= 4 is 26.8 Å². The number of sulfonamides is 1. The molecule has 3 aromatic rings. The molecule has 0 radical (unpaired) electrons. The predicted molar refractivity (Wildman–Crippen MR) is 123 cm³/mol. The van der Waals surface area contributed by atoms with Crippen LogP contribution < -0.4 is 5.56 Å². The first-order chi connectivity index (χ1) is 15.3. The standard InChI is InChI=1S/C23H25N3O5S/c1-2-32(30,31)25-14-12-24(13-15-25)16-20-21(23(28)29)18-10-6-7-11-19(18)22(27)26(20)17-8-4-3-5-9-17/h3-11H,2,12-16H2,1H3,(H,28,29). The quantitative estimate of drug-likeness (QED) is 0.612. The molecule has 0 saturated carbocycles. The molecule has 0 aliphatic carbocycles. The lowest BCUT2D eigenvalue weighted by atomic mass is 10.0. The number of carboxylic acid groups (broad SMARTS) is 1. The molecule has 1 aliphatic heterocycles. The summed E-state index contributed by atoms with van der Waals surface area (Å²) in [5, 5.41) is 10.9. The molecule has 2 aromatic carbocycles. The van der Waals surface area contributed by atoms with E-state index in [4.69, 9.17) is 0 Å². The van der Waals surface area contributed by atoms with Gasteiger partial charge in [0.05, 0.1) is 17.0 Å². The maximum atomic E-state index is 13.5. The van der Waals surface area contributed by atoms with E-state index in [0.717, 1.165) is 0 Å². The van der Waals surface area contributed by atoms with Crippen molar-refractivity contribution in [3.63, 3.8) is 0 Å². The third kappa shape index (κ3) is 4.06. The van der Waals surface area contributed by atoms with Gasteiger partial charge in [0.1, 0.15) is 0 Å². The average Bonchev–Trinajstić information content (AvgIpc) is 2.80. The minimum atomic E-state index is -3.27. The fourth-order valence-electron chi connectivity index (χ4n) is 4.20. The summed E-state index contributed by atoms with van der Waals surface area (Å²) >= 11 is 0. The van der Waals surface area contributed by atoms with Crippen molar-refractivity contribution in [2.75, 3.05) is 31.9 Å². The highest BCUT2D eigenvalue weighted by Crippen LogP contribution is 2.24. The zero-order valence-corrected chi connectivity index (χ0v) is 18.6. The van der Waals surface area contributed by atoms with Gasteiger partial charge in [-0.05, 0) is 25.1 Å². The van der Waals surface area contributed by atoms with Gasteiger partial charge in [-0.25, -0.2) is 13.2 Å². The summed E-state index contributed by atoms with van der Waals surface area (Å²) in [7, 11) is -3.27. The smallest absolute Gasteiger partial charge is 0.338 e. The molecule has 32 heavy (non-hydrogen) atoms. The fourth-order valence-corrected chi connectivity index (χ4v) is 5.28. The summed E-state index contributed by atoms with van der Waals surface area (Å²) in [4.78, 5) is 27.8. The van der Waals surface area contributed by atoms with Crippen LogP contribution in [0.4, 0.5) is 0 Å². The molecular weight excluding hydrogens is 430 g/mol. The van der Waals surface area contributed by atoms with Gasteiger partial charge >= 0.3 is 5.97 Å². The molecule has 8 nitrogen and oxygen atoms in total. The maximum absolute atomic E-state index is 13.5. The Balaban J connectivity index is 1.82. The molecule has 1 fully saturated rings. The Kier molecular flexibility index (Phi) is 6.14. The van der Waals surface area contributed by atoms with Gasteiger partial charge in [0.25, 0.3) is 5.56 Å². The molecule has 1 N–H and O–H groups in total. The van der Waals surface area contributed by atoms with Crippen molar-refractivity contribution in [1.29, 1.82) is 0 Å². The topological polar surface area (TPSA) is 99.9 Å². The number of hydrogen-bond donors (Lipinski definition) is 1. The van der Waals surface area contributed by atoms with E-state index in [1.807, 2.05) is 11.0 Å². The van der Waals surface area contributed by atoms with Crippen LogP contribution in [0.1, 0.15) is 23.0 Å². The van der Waals surface area contributed by atoms with Gasteiger partial charge in [-0.1, -0.05) is 36.4 Å². The number of hydrogen-bond acceptors (Lipinski definition) is 5. The number of benzene rings is 2. The second kappa shape index (κ2) is 8.85. The number of piperazine rings is 1. The van der Waals surface area contributed by atoms with E-state index in [9.17, 15) is 23.1 Å². The highest BCUT2D eigenvalue weighted by molar-refractivity contribution is 7.89. The number of carbonyl (C=O) groups is 1. The Bertz CT molecular complexity index is 1310. The summed E-state index contributed by atoms with van der Waals surface area (Å²) in [6.07, 6.45) is 0. The number of nitrogens with zero attached hydrogens (tertiary/aromatic N) is 3. The Hall–Kier alpha value is -3.01. The monoisotopic (exact) mass is 455 g/mol. The van der Waals surface area contributed by atoms with Crippen LogP contribution in [0.15, 0.2) is 59.4 Å². The Labute approximate surface area is 186 Å². The molecular formula is C23H25N3O5S. The number of rotatable bonds is 6. The van der Waals surface area contributed by atoms with Gasteiger partial charge in [-0.2, -0.15) is 4.31 Å². The van der Waals surface area contributed by atoms with Crippen molar-refractivity contribution in [2.45, 2.75) is 13.5 Å². The normalized spacial score (nSPS) is 15.8. The molecule has 1 saturated heterocycles. The van der Waals surface area contributed by atoms with Crippen LogP contribution in [-0.2, 0) is 16.6 Å². The largest absolute Gasteiger partial charge is 0.478 e. The molecule has 2 heterocycles. The van der Waals surface area contributed by atoms with Gasteiger partial charge in [-0.3, -0.25) is 14.3 Å². The fraction of sp³-hybridized carbons (Fsp3) is 0.304. The van der Waals surface area contributed by atoms with E-state index in [-0.39, 0.29) is 23.4 Å². The predicted octanol–water partition coefficient (Wildman–Crippen LogP) is 2.16. The van der Waals surface area contributed by atoms with Gasteiger partial charge < -0.3 is 5.11 Å². The molecule has 9 heteroatoms. The molecule has 168 valence electrons. The van der Waals surface area contributed by atoms with E-state index < -0.39 is 16.0 Å². The molecule has 1 aromatic heterocycles. The number of fused-ring (bicyclic) bond motifs is 1. The number of aromatic nitrogens is 1. The van der Waals surface area contributed by atoms with Gasteiger partial charge in [0.2, 0.25) is 10.0 Å². The third-order valence-corrected chi connectivity index (χ3v) is 7.76. The molecule has 0 bridgehead atoms. The number of pyridine rings is 1. The van der Waals surface area contributed by atoms with E-state index in [2.05, 4.69) is 0 Å². The summed E-state index contributed by atoms with van der Waals surface area (Å²) < 4.78 is 27.3. The van der Waals surface area contributed by atoms with Crippen molar-refractivity contribution in [2.24, 2.45) is 0 Å². The molecule has 0 unspecified atom stereocenters. The Morgan fingerprint density at radius 3 is 2.12 bits per heavy atom. The Morgan fingerprint density at radius 2 is 1.53 bits per heavy atom. The van der Waals surface area contributed by atoms with Crippen LogP contribution >= 0.6 is 0 Å². The lowest BCUT2D eigenvalue weighted by Crippen LogP contribution is -2.49. The zero-order chi connectivity index (χ0) is 22.9. The average molecular weight is 456 g/mol. The van der Waals surface area contributed by atoms with Crippen LogP contribution in [-0.4, -0.2) is 65.2 Å². The van der Waals surface area contributed by atoms with Crippen LogP contribution in [0, 0.1) is 0 Å². The second-order valence-electron chi connectivity index (χ2n) is 7.72. The van der Waals surface area contributed by atoms with E-state index in [1.54, 1.807) is 55.5 Å². The molecule has 0 atom stereocenters. The van der Waals surface area contributed by atoms with E-state index >= 15 is 0 Å². The summed E-state index contributed by atoms with van der Waals surface area (Å²) in [6.45, 7) is 3.41. The van der Waals surface area contributed by atoms with Crippen molar-refractivity contribution in [1.82, 2.24) is 13.8 Å². The summed E-state index contributed by atoms with van der Waals surface area (Å²) in [6, 6.07) is 15.7. The van der Waals surface area contributed by atoms with Crippen LogP contribution in [0.25, 0.3) is 16.5 Å². The lowest BCUT2D eigenvalue weighted by molar-refractivity contribution is 0.0695. The molecule has 1 aliphatic rings. The zero-order valence-electron chi connectivity index (χ0n) is 17.8. The number of aromatic carboxylic acids is 1. The van der Waals surface area contributed by atoms with Crippen molar-refractivity contribution < 1.29 is 18.3 Å². The van der Waals surface area contributed by atoms with Crippen LogP contribution in [0.5, 0.6) is 0 Å². The number of para-hydroxylation sites is 1. The highest BCUT2D eigenvalue weighted by Gasteiger charge is 2.28. The van der Waals surface area contributed by atoms with Gasteiger partial charge in [0, 0.05) is 49.2 Å². The minimum absolute atomic E-state index is 0.0500. The highest BCUT2D eigenvalue weighted by atomic mass is 32.2. The first-order valence-corrected chi connectivity index (χ1v) is 12.1. The van der Waals surface area contributed by atoms with Gasteiger partial charge in [-0.15, -0.1) is 0 Å². The lowest BCUT2D eigenvalue weighted by Gasteiger charge is -2.34. The number of carboxylic acids is 1. The van der Waals surface area contributed by atoms with Crippen molar-refractivity contribution in [3.8, 4) is 5.69 Å². The first kappa shape index (κ1) is 22.2. The van der Waals surface area contributed by atoms with Gasteiger partial charge in [0.15, 0.2) is 0 Å². The van der Waals surface area contributed by atoms with Crippen LogP contribution in [0.3, 0.4) is 0 Å². The third-order valence-electron chi connectivity index (χ3n) is 5.88. The summed E-state index contributed by atoms with van der Waals surface area (Å²) in [5.74, 6) is -1.05. The molecule has 4 rings (SSSR count). The first-order valence-electron chi connectivity index (χ1n) is 10.5. The molecule has 0 spiro atoms. The summed E-state index contributed by atoms with van der Waals surface area (Å²) in [5.41, 5.74) is 0.791. The van der Waals surface area contributed by atoms with Crippen LogP contribution in [0.2, 0.25) is 0 Å². The minimum Gasteiger partial charge on any atom is -0.478 e. The van der Waals surface area contributed by atoms with E-state index in [1.165, 1.54) is 8.87 Å². The Morgan fingerprint density at radius 1 is 0.938 bits per heavy atom. The van der Waals surface area contributed by atoms with Crippen molar-refractivity contribution in [3.05, 3.63) is 76.2 Å². The second-order valence-corrected chi connectivity index (χ2v) is 9.98. The SMILES string of the molecule is CCS(=O)(=O)N1CCN(Cc2c(C(=O)O)c3ccccc3c(=O)n2-c2ccccc2)CC1. The molecule has 0 amide bonds. The van der Waals surface area contributed by atoms with E-state index in [0.29, 0.717) is 48.3 Å².